The summed E-state index contributed by atoms with van der Waals surface area (Å²) in [5.74, 6) is -1.64. The van der Waals surface area contributed by atoms with Gasteiger partial charge in [-0.2, -0.15) is 14.3 Å². The summed E-state index contributed by atoms with van der Waals surface area (Å²) in [6, 6.07) is 2.44. The Balaban J connectivity index is 1.68. The molecule has 11 nitrogen and oxygen atoms in total. The number of hydrogen-bond donors (Lipinski definition) is 2. The minimum Gasteiger partial charge on any atom is -0.491 e. The Kier molecular flexibility index (Phi) is 5.75. The van der Waals surface area contributed by atoms with E-state index >= 15 is 0 Å². The summed E-state index contributed by atoms with van der Waals surface area (Å²) >= 11 is 0. The molecule has 4 rings (SSSR count). The number of ether oxygens (including phenoxy) is 2. The molecule has 0 radical (unpaired) electrons. The maximum atomic E-state index is 14.8. The zero-order valence-corrected chi connectivity index (χ0v) is 16.6. The first-order valence-corrected chi connectivity index (χ1v) is 9.51. The van der Waals surface area contributed by atoms with Crippen molar-refractivity contribution in [2.45, 2.75) is 12.8 Å². The highest BCUT2D eigenvalue weighted by Crippen LogP contribution is 2.31. The first-order valence-electron chi connectivity index (χ1n) is 9.51. The topological polar surface area (TPSA) is 135 Å². The van der Waals surface area contributed by atoms with E-state index in [0.717, 1.165) is 34.5 Å². The summed E-state index contributed by atoms with van der Waals surface area (Å²) in [4.78, 5) is 19.9. The van der Waals surface area contributed by atoms with Crippen molar-refractivity contribution >= 4 is 17.5 Å². The van der Waals surface area contributed by atoms with Gasteiger partial charge in [-0.1, -0.05) is 0 Å². The van der Waals surface area contributed by atoms with Crippen molar-refractivity contribution in [2.75, 3.05) is 30.9 Å². The Hall–Kier alpha value is -3.61. The second-order valence-electron chi connectivity index (χ2n) is 7.02. The molecular weight excluding hydrogens is 414 g/mol. The molecule has 164 valence electrons. The molecule has 0 spiro atoms. The number of benzene rings is 1. The zero-order valence-electron chi connectivity index (χ0n) is 16.6. The van der Waals surface area contributed by atoms with Crippen LogP contribution >= 0.6 is 0 Å². The predicted molar refractivity (Wildman–Crippen MR) is 105 cm³/mol. The quantitative estimate of drug-likeness (QED) is 0.586. The van der Waals surface area contributed by atoms with E-state index in [1.165, 1.54) is 13.1 Å². The van der Waals surface area contributed by atoms with Crippen LogP contribution in [0.15, 0.2) is 23.1 Å². The largest absolute Gasteiger partial charge is 0.491 e. The monoisotopic (exact) mass is 434 g/mol. The number of aryl methyl sites for hydroxylation is 1. The van der Waals surface area contributed by atoms with E-state index in [0.29, 0.717) is 19.8 Å². The number of aromatic nitrogens is 6. The summed E-state index contributed by atoms with van der Waals surface area (Å²) in [6.07, 6.45) is 2.51. The predicted octanol–water partition coefficient (Wildman–Crippen LogP) is 1.17. The smallest absolute Gasteiger partial charge is 0.368 e. The highest BCUT2D eigenvalue weighted by Gasteiger charge is 2.20. The van der Waals surface area contributed by atoms with Gasteiger partial charge < -0.3 is 20.5 Å². The van der Waals surface area contributed by atoms with Gasteiger partial charge in [0, 0.05) is 26.3 Å². The summed E-state index contributed by atoms with van der Waals surface area (Å²) in [6.45, 7) is 1.61. The Morgan fingerprint density at radius 3 is 2.71 bits per heavy atom. The first kappa shape index (κ1) is 20.7. The lowest BCUT2D eigenvalue weighted by atomic mass is 10.0. The highest BCUT2D eigenvalue weighted by molar-refractivity contribution is 5.63. The molecule has 1 aliphatic rings. The number of nitrogens with two attached hydrogens (primary N) is 1. The van der Waals surface area contributed by atoms with Crippen LogP contribution in [0.3, 0.4) is 0 Å². The molecule has 0 aliphatic carbocycles. The van der Waals surface area contributed by atoms with E-state index in [4.69, 9.17) is 15.2 Å². The second-order valence-corrected chi connectivity index (χ2v) is 7.02. The summed E-state index contributed by atoms with van der Waals surface area (Å²) in [5.41, 5.74) is 4.97. The Morgan fingerprint density at radius 2 is 2.03 bits per heavy atom. The van der Waals surface area contributed by atoms with E-state index < -0.39 is 17.3 Å². The van der Waals surface area contributed by atoms with Crippen LogP contribution in [0.1, 0.15) is 12.8 Å². The second kappa shape index (κ2) is 8.63. The van der Waals surface area contributed by atoms with Crippen molar-refractivity contribution in [3.05, 3.63) is 40.4 Å². The van der Waals surface area contributed by atoms with Crippen LogP contribution in [0.4, 0.5) is 26.2 Å². The molecule has 31 heavy (non-hydrogen) atoms. The Bertz CT molecular complexity index is 1140. The van der Waals surface area contributed by atoms with Gasteiger partial charge in [-0.15, -0.1) is 0 Å². The van der Waals surface area contributed by atoms with Crippen molar-refractivity contribution in [1.82, 2.24) is 29.8 Å². The van der Waals surface area contributed by atoms with Gasteiger partial charge in [-0.05, 0) is 35.3 Å². The minimum absolute atomic E-state index is 0.0861. The van der Waals surface area contributed by atoms with Crippen LogP contribution in [-0.2, 0) is 11.8 Å². The molecule has 0 unspecified atom stereocenters. The lowest BCUT2D eigenvalue weighted by Crippen LogP contribution is -2.24. The molecule has 0 saturated carbocycles. The van der Waals surface area contributed by atoms with Crippen LogP contribution in [0, 0.1) is 17.6 Å². The van der Waals surface area contributed by atoms with Gasteiger partial charge in [0.2, 0.25) is 5.95 Å². The van der Waals surface area contributed by atoms with Gasteiger partial charge in [0.25, 0.3) is 0 Å². The van der Waals surface area contributed by atoms with Gasteiger partial charge in [0.1, 0.15) is 11.4 Å². The fraction of sp³-hybridized carbons (Fsp3) is 0.389. The maximum Gasteiger partial charge on any atom is 0.368 e. The lowest BCUT2D eigenvalue weighted by molar-refractivity contribution is 0.0497. The molecule has 3 aromatic rings. The molecule has 3 heterocycles. The standard InChI is InChI=1S/C18H20F2N8O3/c1-27-18(29)28(26-25-27)14-7-13(23-17-22-8-12(20)16(21)24-17)11(19)6-15(14)31-9-10-2-4-30-5-3-10/h6-8,10H,2-5,9H2,1H3,(H3,21,22,23,24). The average molecular weight is 434 g/mol. The average Bonchev–Trinajstić information content (AvgIpc) is 3.10. The number of rotatable bonds is 6. The van der Waals surface area contributed by atoms with Crippen LogP contribution in [0.25, 0.3) is 5.69 Å². The number of nitrogen functional groups attached to an aromatic ring is 1. The number of nitrogens with zero attached hydrogens (tertiary/aromatic N) is 6. The highest BCUT2D eigenvalue weighted by atomic mass is 19.1. The van der Waals surface area contributed by atoms with Crippen LogP contribution in [-0.4, -0.2) is 49.6 Å². The fourth-order valence-corrected chi connectivity index (χ4v) is 3.07. The Morgan fingerprint density at radius 1 is 1.26 bits per heavy atom. The minimum atomic E-state index is -0.797. The van der Waals surface area contributed by atoms with Gasteiger partial charge in [0.15, 0.2) is 17.5 Å². The van der Waals surface area contributed by atoms with Crippen molar-refractivity contribution in [1.29, 1.82) is 0 Å². The lowest BCUT2D eigenvalue weighted by Gasteiger charge is -2.23. The number of hydrogen-bond acceptors (Lipinski definition) is 9. The van der Waals surface area contributed by atoms with Gasteiger partial charge >= 0.3 is 5.69 Å². The molecule has 0 amide bonds. The van der Waals surface area contributed by atoms with E-state index in [9.17, 15) is 13.6 Å². The third-order valence-electron chi connectivity index (χ3n) is 4.83. The number of tetrazole rings is 1. The fourth-order valence-electron chi connectivity index (χ4n) is 3.07. The summed E-state index contributed by atoms with van der Waals surface area (Å²) < 4.78 is 41.4. The van der Waals surface area contributed by atoms with E-state index in [-0.39, 0.29) is 34.8 Å². The molecule has 3 N–H and O–H groups in total. The molecule has 1 fully saturated rings. The van der Waals surface area contributed by atoms with E-state index in [1.807, 2.05) is 0 Å². The molecule has 13 heteroatoms. The van der Waals surface area contributed by atoms with Gasteiger partial charge in [0.05, 0.1) is 18.5 Å². The van der Waals surface area contributed by atoms with E-state index in [1.54, 1.807) is 0 Å². The van der Waals surface area contributed by atoms with Crippen molar-refractivity contribution in [2.24, 2.45) is 13.0 Å². The molecule has 0 bridgehead atoms. The molecular formula is C18H20F2N8O3. The molecule has 2 aromatic heterocycles. The van der Waals surface area contributed by atoms with Crippen molar-refractivity contribution in [3.63, 3.8) is 0 Å². The van der Waals surface area contributed by atoms with Crippen LogP contribution in [0.2, 0.25) is 0 Å². The zero-order chi connectivity index (χ0) is 22.0. The summed E-state index contributed by atoms with van der Waals surface area (Å²) in [5, 5.41) is 10.1. The summed E-state index contributed by atoms with van der Waals surface area (Å²) in [7, 11) is 1.44. The van der Waals surface area contributed by atoms with Crippen molar-refractivity contribution < 1.29 is 18.3 Å². The third-order valence-corrected chi connectivity index (χ3v) is 4.83. The van der Waals surface area contributed by atoms with E-state index in [2.05, 4.69) is 25.7 Å². The van der Waals surface area contributed by atoms with Crippen molar-refractivity contribution in [3.8, 4) is 11.4 Å². The van der Waals surface area contributed by atoms with Crippen LogP contribution < -0.4 is 21.5 Å². The molecule has 1 aromatic carbocycles. The van der Waals surface area contributed by atoms with Crippen LogP contribution in [0.5, 0.6) is 5.75 Å². The SMILES string of the molecule is Cn1nnn(-c2cc(Nc3ncc(F)c(N)n3)c(F)cc2OCC2CCOCC2)c1=O. The number of nitrogens with one attached hydrogen (secondary N) is 1. The maximum absolute atomic E-state index is 14.8. The normalized spacial score (nSPS) is 14.5. The Labute approximate surface area is 174 Å². The number of anilines is 3. The van der Waals surface area contributed by atoms with Gasteiger partial charge in [-0.3, -0.25) is 0 Å². The third kappa shape index (κ3) is 4.45. The first-order chi connectivity index (χ1) is 14.9. The number of halogens is 2. The molecule has 1 saturated heterocycles. The van der Waals surface area contributed by atoms with Gasteiger partial charge in [-0.25, -0.2) is 18.6 Å². The molecule has 1 aliphatic heterocycles. The molecule has 0 atom stereocenters.